The molecular weight excluding hydrogens is 200 g/mol. The normalized spacial score (nSPS) is 12.6. The van der Waals surface area contributed by atoms with Gasteiger partial charge in [0.25, 0.3) is 0 Å². The Bertz CT molecular complexity index is 236. The van der Waals surface area contributed by atoms with Crippen molar-refractivity contribution in [3.05, 3.63) is 12.2 Å². The molecule has 0 aliphatic rings. The molecule has 0 radical (unpaired) electrons. The first-order chi connectivity index (χ1) is 7.38. The zero-order valence-electron chi connectivity index (χ0n) is 11.4. The van der Waals surface area contributed by atoms with Gasteiger partial charge in [0.2, 0.25) is 5.91 Å². The fourth-order valence-electron chi connectivity index (χ4n) is 1.65. The maximum Gasteiger partial charge on any atom is 0.222 e. The van der Waals surface area contributed by atoms with Crippen LogP contribution in [-0.2, 0) is 4.79 Å². The molecule has 94 valence electrons. The lowest BCUT2D eigenvalue weighted by molar-refractivity contribution is -0.132. The van der Waals surface area contributed by atoms with Crippen LogP contribution in [0.3, 0.4) is 0 Å². The number of rotatable bonds is 7. The monoisotopic (exact) mass is 226 g/mol. The van der Waals surface area contributed by atoms with E-state index in [1.807, 2.05) is 33.0 Å². The van der Waals surface area contributed by atoms with E-state index in [4.69, 9.17) is 0 Å². The number of nitrogens with zero attached hydrogens (tertiary/aromatic N) is 2. The van der Waals surface area contributed by atoms with Gasteiger partial charge in [0.15, 0.2) is 0 Å². The summed E-state index contributed by atoms with van der Waals surface area (Å²) in [6.45, 7) is 8.83. The molecule has 0 aromatic heterocycles. The second-order valence-corrected chi connectivity index (χ2v) is 4.79. The molecule has 1 amide bonds. The van der Waals surface area contributed by atoms with E-state index in [1.165, 1.54) is 0 Å². The highest BCUT2D eigenvalue weighted by Crippen LogP contribution is 2.08. The van der Waals surface area contributed by atoms with Crippen LogP contribution in [0.4, 0.5) is 0 Å². The van der Waals surface area contributed by atoms with Crippen LogP contribution in [-0.4, -0.2) is 49.4 Å². The molecule has 1 unspecified atom stereocenters. The zero-order chi connectivity index (χ0) is 12.7. The van der Waals surface area contributed by atoms with Gasteiger partial charge < -0.3 is 9.80 Å². The first-order valence-electron chi connectivity index (χ1n) is 5.93. The molecule has 0 spiro atoms. The highest BCUT2D eigenvalue weighted by Gasteiger charge is 2.18. The van der Waals surface area contributed by atoms with Crippen molar-refractivity contribution in [1.29, 1.82) is 0 Å². The summed E-state index contributed by atoms with van der Waals surface area (Å²) < 4.78 is 0. The summed E-state index contributed by atoms with van der Waals surface area (Å²) in [5.74, 6) is 0.219. The lowest BCUT2D eigenvalue weighted by Crippen LogP contribution is -2.42. The molecule has 3 nitrogen and oxygen atoms in total. The Kier molecular flexibility index (Phi) is 7.06. The number of amides is 1. The molecule has 0 aromatic rings. The van der Waals surface area contributed by atoms with Gasteiger partial charge in [-0.3, -0.25) is 4.79 Å². The van der Waals surface area contributed by atoms with Crippen molar-refractivity contribution in [3.63, 3.8) is 0 Å². The number of hydrogen-bond acceptors (Lipinski definition) is 2. The molecule has 16 heavy (non-hydrogen) atoms. The molecule has 3 heteroatoms. The van der Waals surface area contributed by atoms with Crippen LogP contribution in [0, 0.1) is 0 Å². The third-order valence-corrected chi connectivity index (χ3v) is 2.75. The summed E-state index contributed by atoms with van der Waals surface area (Å²) in [4.78, 5) is 15.9. The Morgan fingerprint density at radius 1 is 1.25 bits per heavy atom. The van der Waals surface area contributed by atoms with Crippen LogP contribution in [0.15, 0.2) is 12.2 Å². The van der Waals surface area contributed by atoms with E-state index in [0.29, 0.717) is 12.5 Å². The van der Waals surface area contributed by atoms with Gasteiger partial charge in [-0.1, -0.05) is 12.5 Å². The standard InChI is InChI=1S/C13H26N2O/c1-7-12(10-14(4)5)15(6)13(16)9-8-11(2)3/h12H,2,7-10H2,1,3-6H3. The third kappa shape index (κ3) is 5.91. The van der Waals surface area contributed by atoms with E-state index in [-0.39, 0.29) is 5.91 Å². The van der Waals surface area contributed by atoms with E-state index in [9.17, 15) is 4.79 Å². The molecule has 0 aliphatic heterocycles. The van der Waals surface area contributed by atoms with Gasteiger partial charge in [-0.2, -0.15) is 0 Å². The molecule has 0 N–H and O–H groups in total. The molecular formula is C13H26N2O. The Hall–Kier alpha value is -0.830. The minimum Gasteiger partial charge on any atom is -0.341 e. The summed E-state index contributed by atoms with van der Waals surface area (Å²) in [5.41, 5.74) is 1.07. The van der Waals surface area contributed by atoms with Crippen molar-refractivity contribution in [2.24, 2.45) is 0 Å². The fourth-order valence-corrected chi connectivity index (χ4v) is 1.65. The van der Waals surface area contributed by atoms with Gasteiger partial charge in [-0.15, -0.1) is 6.58 Å². The molecule has 0 aliphatic carbocycles. The SMILES string of the molecule is C=C(C)CCC(=O)N(C)C(CC)CN(C)C. The number of allylic oxidation sites excluding steroid dienone is 1. The van der Waals surface area contributed by atoms with Crippen LogP contribution >= 0.6 is 0 Å². The minimum atomic E-state index is 0.219. The summed E-state index contributed by atoms with van der Waals surface area (Å²) in [7, 11) is 5.97. The maximum absolute atomic E-state index is 11.9. The van der Waals surface area contributed by atoms with Gasteiger partial charge in [-0.05, 0) is 33.9 Å². The van der Waals surface area contributed by atoms with Crippen molar-refractivity contribution >= 4 is 5.91 Å². The topological polar surface area (TPSA) is 23.6 Å². The van der Waals surface area contributed by atoms with Crippen molar-refractivity contribution in [1.82, 2.24) is 9.80 Å². The highest BCUT2D eigenvalue weighted by atomic mass is 16.2. The molecule has 0 heterocycles. The highest BCUT2D eigenvalue weighted by molar-refractivity contribution is 5.76. The van der Waals surface area contributed by atoms with E-state index >= 15 is 0 Å². The van der Waals surface area contributed by atoms with E-state index in [2.05, 4.69) is 18.4 Å². The Balaban J connectivity index is 4.21. The first-order valence-corrected chi connectivity index (χ1v) is 5.93. The second-order valence-electron chi connectivity index (χ2n) is 4.79. The lowest BCUT2D eigenvalue weighted by atomic mass is 10.1. The average Bonchev–Trinajstić information content (AvgIpc) is 2.21. The van der Waals surface area contributed by atoms with Crippen LogP contribution in [0.5, 0.6) is 0 Å². The second kappa shape index (κ2) is 7.44. The van der Waals surface area contributed by atoms with Gasteiger partial charge in [0, 0.05) is 26.1 Å². The molecule has 0 rings (SSSR count). The smallest absolute Gasteiger partial charge is 0.222 e. The summed E-state index contributed by atoms with van der Waals surface area (Å²) in [6.07, 6.45) is 2.37. The molecule has 0 fully saturated rings. The Morgan fingerprint density at radius 3 is 2.19 bits per heavy atom. The maximum atomic E-state index is 11.9. The minimum absolute atomic E-state index is 0.219. The molecule has 0 bridgehead atoms. The molecule has 0 saturated carbocycles. The van der Waals surface area contributed by atoms with E-state index in [1.54, 1.807) is 0 Å². The van der Waals surface area contributed by atoms with Gasteiger partial charge in [0.1, 0.15) is 0 Å². The zero-order valence-corrected chi connectivity index (χ0v) is 11.4. The predicted octanol–water partition coefficient (Wildman–Crippen LogP) is 2.14. The van der Waals surface area contributed by atoms with Crippen LogP contribution in [0.25, 0.3) is 0 Å². The summed E-state index contributed by atoms with van der Waals surface area (Å²) in [6, 6.07) is 0.313. The van der Waals surface area contributed by atoms with Crippen molar-refractivity contribution in [3.8, 4) is 0 Å². The van der Waals surface area contributed by atoms with Crippen molar-refractivity contribution in [2.75, 3.05) is 27.7 Å². The van der Waals surface area contributed by atoms with Crippen molar-refractivity contribution < 1.29 is 4.79 Å². The number of likely N-dealkylation sites (N-methyl/N-ethyl adjacent to an activating group) is 2. The van der Waals surface area contributed by atoms with Crippen LogP contribution < -0.4 is 0 Å². The van der Waals surface area contributed by atoms with E-state index in [0.717, 1.165) is 25.0 Å². The van der Waals surface area contributed by atoms with Crippen LogP contribution in [0.1, 0.15) is 33.1 Å². The van der Waals surface area contributed by atoms with Gasteiger partial charge in [-0.25, -0.2) is 0 Å². The molecule has 0 saturated heterocycles. The Labute approximate surface area is 100 Å². The average molecular weight is 226 g/mol. The fraction of sp³-hybridized carbons (Fsp3) is 0.769. The quantitative estimate of drug-likeness (QED) is 0.621. The van der Waals surface area contributed by atoms with Crippen LogP contribution in [0.2, 0.25) is 0 Å². The molecule has 1 atom stereocenters. The number of carbonyl (C=O) groups excluding carboxylic acids is 1. The lowest BCUT2D eigenvalue weighted by Gasteiger charge is -2.29. The largest absolute Gasteiger partial charge is 0.341 e. The summed E-state index contributed by atoms with van der Waals surface area (Å²) in [5, 5.41) is 0. The Morgan fingerprint density at radius 2 is 1.81 bits per heavy atom. The summed E-state index contributed by atoms with van der Waals surface area (Å²) >= 11 is 0. The number of hydrogen-bond donors (Lipinski definition) is 0. The third-order valence-electron chi connectivity index (χ3n) is 2.75. The number of carbonyl (C=O) groups is 1. The first kappa shape index (κ1) is 15.2. The van der Waals surface area contributed by atoms with E-state index < -0.39 is 0 Å². The van der Waals surface area contributed by atoms with Gasteiger partial charge in [0.05, 0.1) is 0 Å². The van der Waals surface area contributed by atoms with Crippen molar-refractivity contribution in [2.45, 2.75) is 39.2 Å². The predicted molar refractivity (Wildman–Crippen MR) is 69.5 cm³/mol. The molecule has 0 aromatic carbocycles. The van der Waals surface area contributed by atoms with Gasteiger partial charge >= 0.3 is 0 Å².